The standard InChI is InChI=1S/C16H13ClN2O2S/c1-16(14(20)18-11-8-6-10(17)7-9-11)15(21)19-12-4-2-3-5-13(12)22-16/h2-9H,1H3,(H,18,20)(H,19,21). The van der Waals surface area contributed by atoms with Crippen molar-refractivity contribution in [3.63, 3.8) is 0 Å². The van der Waals surface area contributed by atoms with Crippen LogP contribution in [0.4, 0.5) is 11.4 Å². The average molecular weight is 333 g/mol. The topological polar surface area (TPSA) is 58.2 Å². The number of rotatable bonds is 2. The molecule has 1 atom stereocenters. The second-order valence-electron chi connectivity index (χ2n) is 5.05. The molecule has 1 unspecified atom stereocenters. The van der Waals surface area contributed by atoms with E-state index in [0.29, 0.717) is 10.7 Å². The van der Waals surface area contributed by atoms with Gasteiger partial charge in [0.2, 0.25) is 11.8 Å². The lowest BCUT2D eigenvalue weighted by Gasteiger charge is -2.31. The first kappa shape index (κ1) is 14.9. The van der Waals surface area contributed by atoms with Crippen LogP contribution >= 0.6 is 23.4 Å². The molecule has 2 aromatic rings. The van der Waals surface area contributed by atoms with E-state index in [9.17, 15) is 9.59 Å². The summed E-state index contributed by atoms with van der Waals surface area (Å²) < 4.78 is -1.23. The number of hydrogen-bond acceptors (Lipinski definition) is 3. The van der Waals surface area contributed by atoms with Crippen molar-refractivity contribution >= 4 is 46.6 Å². The Morgan fingerprint density at radius 2 is 1.86 bits per heavy atom. The lowest BCUT2D eigenvalue weighted by atomic mass is 10.1. The van der Waals surface area contributed by atoms with Gasteiger partial charge in [-0.15, -0.1) is 0 Å². The van der Waals surface area contributed by atoms with Crippen molar-refractivity contribution in [3.05, 3.63) is 53.6 Å². The fraction of sp³-hybridized carbons (Fsp3) is 0.125. The Morgan fingerprint density at radius 1 is 1.18 bits per heavy atom. The lowest BCUT2D eigenvalue weighted by molar-refractivity contribution is -0.126. The summed E-state index contributed by atoms with van der Waals surface area (Å²) in [6.07, 6.45) is 0. The predicted molar refractivity (Wildman–Crippen MR) is 89.4 cm³/mol. The summed E-state index contributed by atoms with van der Waals surface area (Å²) in [5, 5.41) is 6.13. The normalized spacial score (nSPS) is 20.0. The highest BCUT2D eigenvalue weighted by molar-refractivity contribution is 8.02. The molecule has 0 aliphatic carbocycles. The van der Waals surface area contributed by atoms with E-state index < -0.39 is 4.75 Å². The minimum absolute atomic E-state index is 0.331. The van der Waals surface area contributed by atoms with Crippen LogP contribution in [0.25, 0.3) is 0 Å². The molecule has 0 bridgehead atoms. The van der Waals surface area contributed by atoms with Crippen molar-refractivity contribution in [2.45, 2.75) is 16.6 Å². The summed E-state index contributed by atoms with van der Waals surface area (Å²) in [6.45, 7) is 1.62. The van der Waals surface area contributed by atoms with Crippen LogP contribution in [0.5, 0.6) is 0 Å². The van der Waals surface area contributed by atoms with Crippen molar-refractivity contribution in [1.82, 2.24) is 0 Å². The van der Waals surface area contributed by atoms with E-state index in [1.54, 1.807) is 31.2 Å². The summed E-state index contributed by atoms with van der Waals surface area (Å²) in [5.41, 5.74) is 1.33. The van der Waals surface area contributed by atoms with E-state index >= 15 is 0 Å². The smallest absolute Gasteiger partial charge is 0.250 e. The number of amides is 2. The zero-order valence-electron chi connectivity index (χ0n) is 11.7. The molecule has 22 heavy (non-hydrogen) atoms. The fourth-order valence-corrected chi connectivity index (χ4v) is 3.33. The van der Waals surface area contributed by atoms with Crippen LogP contribution in [0.2, 0.25) is 5.02 Å². The number of halogens is 1. The first-order valence-electron chi connectivity index (χ1n) is 6.65. The average Bonchev–Trinajstić information content (AvgIpc) is 2.50. The highest BCUT2D eigenvalue weighted by Gasteiger charge is 2.45. The number of hydrogen-bond donors (Lipinski definition) is 2. The first-order chi connectivity index (χ1) is 10.5. The highest BCUT2D eigenvalue weighted by atomic mass is 35.5. The number of para-hydroxylation sites is 1. The molecule has 0 radical (unpaired) electrons. The molecular weight excluding hydrogens is 320 g/mol. The van der Waals surface area contributed by atoms with E-state index in [4.69, 9.17) is 11.6 Å². The van der Waals surface area contributed by atoms with Gasteiger partial charge in [-0.2, -0.15) is 0 Å². The monoisotopic (exact) mass is 332 g/mol. The lowest BCUT2D eigenvalue weighted by Crippen LogP contribution is -2.49. The van der Waals surface area contributed by atoms with Crippen molar-refractivity contribution in [3.8, 4) is 0 Å². The summed E-state index contributed by atoms with van der Waals surface area (Å²) >= 11 is 7.07. The van der Waals surface area contributed by atoms with Gasteiger partial charge in [-0.25, -0.2) is 0 Å². The Bertz CT molecular complexity index is 748. The zero-order chi connectivity index (χ0) is 15.7. The number of benzene rings is 2. The van der Waals surface area contributed by atoms with Crippen LogP contribution in [-0.4, -0.2) is 16.6 Å². The van der Waals surface area contributed by atoms with Gasteiger partial charge >= 0.3 is 0 Å². The predicted octanol–water partition coefficient (Wildman–Crippen LogP) is 3.78. The Balaban J connectivity index is 1.85. The Hall–Kier alpha value is -1.98. The fourth-order valence-electron chi connectivity index (χ4n) is 2.10. The third-order valence-corrected chi connectivity index (χ3v) is 5.02. The van der Waals surface area contributed by atoms with Crippen LogP contribution in [0, 0.1) is 0 Å². The number of carbonyl (C=O) groups is 2. The van der Waals surface area contributed by atoms with E-state index in [0.717, 1.165) is 10.6 Å². The second-order valence-corrected chi connectivity index (χ2v) is 6.94. The molecule has 3 rings (SSSR count). The van der Waals surface area contributed by atoms with E-state index in [1.165, 1.54) is 11.8 Å². The third kappa shape index (κ3) is 2.69. The Morgan fingerprint density at radius 3 is 2.59 bits per heavy atom. The second kappa shape index (κ2) is 5.66. The number of thioether (sulfide) groups is 1. The molecule has 2 N–H and O–H groups in total. The minimum atomic E-state index is -1.23. The van der Waals surface area contributed by atoms with Crippen molar-refractivity contribution in [1.29, 1.82) is 0 Å². The molecular formula is C16H13ClN2O2S. The number of anilines is 2. The first-order valence-corrected chi connectivity index (χ1v) is 7.85. The van der Waals surface area contributed by atoms with Crippen molar-refractivity contribution in [2.24, 2.45) is 0 Å². The SMILES string of the molecule is CC1(C(=O)Nc2ccc(Cl)cc2)Sc2ccccc2NC1=O. The van der Waals surface area contributed by atoms with Crippen LogP contribution in [-0.2, 0) is 9.59 Å². The van der Waals surface area contributed by atoms with Gasteiger partial charge in [0.15, 0.2) is 4.75 Å². The molecule has 0 fully saturated rings. The van der Waals surface area contributed by atoms with Crippen LogP contribution in [0.15, 0.2) is 53.4 Å². The van der Waals surface area contributed by atoms with Crippen LogP contribution < -0.4 is 10.6 Å². The molecule has 1 aliphatic heterocycles. The molecule has 0 aromatic heterocycles. The summed E-state index contributed by atoms with van der Waals surface area (Å²) in [5.74, 6) is -0.700. The van der Waals surface area contributed by atoms with E-state index in [2.05, 4.69) is 10.6 Å². The van der Waals surface area contributed by atoms with E-state index in [-0.39, 0.29) is 11.8 Å². The van der Waals surface area contributed by atoms with Gasteiger partial charge in [0, 0.05) is 15.6 Å². The summed E-state index contributed by atoms with van der Waals surface area (Å²) in [4.78, 5) is 25.8. The maximum atomic E-state index is 12.6. The molecule has 112 valence electrons. The Kier molecular flexibility index (Phi) is 3.85. The maximum Gasteiger partial charge on any atom is 0.250 e. The van der Waals surface area contributed by atoms with Gasteiger partial charge in [-0.1, -0.05) is 35.5 Å². The minimum Gasteiger partial charge on any atom is -0.324 e. The molecule has 1 heterocycles. The maximum absolute atomic E-state index is 12.6. The number of fused-ring (bicyclic) bond motifs is 1. The molecule has 6 heteroatoms. The third-order valence-electron chi connectivity index (χ3n) is 3.42. The van der Waals surface area contributed by atoms with Gasteiger partial charge in [-0.3, -0.25) is 9.59 Å². The highest BCUT2D eigenvalue weighted by Crippen LogP contribution is 2.42. The molecule has 4 nitrogen and oxygen atoms in total. The van der Waals surface area contributed by atoms with Gasteiger partial charge in [0.25, 0.3) is 0 Å². The number of nitrogens with one attached hydrogen (secondary N) is 2. The molecule has 0 saturated carbocycles. The molecule has 0 spiro atoms. The van der Waals surface area contributed by atoms with Gasteiger partial charge in [0.05, 0.1) is 5.69 Å². The molecule has 2 amide bonds. The van der Waals surface area contributed by atoms with E-state index in [1.807, 2.05) is 24.3 Å². The molecule has 1 aliphatic rings. The zero-order valence-corrected chi connectivity index (χ0v) is 13.3. The van der Waals surface area contributed by atoms with Crippen LogP contribution in [0.3, 0.4) is 0 Å². The molecule has 0 saturated heterocycles. The number of carbonyl (C=O) groups excluding carboxylic acids is 2. The van der Waals surface area contributed by atoms with Crippen molar-refractivity contribution < 1.29 is 9.59 Å². The van der Waals surface area contributed by atoms with Crippen molar-refractivity contribution in [2.75, 3.05) is 10.6 Å². The Labute approximate surface area is 137 Å². The summed E-state index contributed by atoms with van der Waals surface area (Å²) in [6, 6.07) is 14.2. The largest absolute Gasteiger partial charge is 0.324 e. The van der Waals surface area contributed by atoms with Gasteiger partial charge in [-0.05, 0) is 43.3 Å². The van der Waals surface area contributed by atoms with Gasteiger partial charge in [0.1, 0.15) is 0 Å². The summed E-state index contributed by atoms with van der Waals surface area (Å²) in [7, 11) is 0. The molecule has 2 aromatic carbocycles. The van der Waals surface area contributed by atoms with Crippen LogP contribution in [0.1, 0.15) is 6.92 Å². The quantitative estimate of drug-likeness (QED) is 0.823. The van der Waals surface area contributed by atoms with Gasteiger partial charge < -0.3 is 10.6 Å².